The topological polar surface area (TPSA) is 46.2 Å². The van der Waals surface area contributed by atoms with Crippen LogP contribution in [0.2, 0.25) is 0 Å². The van der Waals surface area contributed by atoms with Crippen molar-refractivity contribution in [3.8, 4) is 11.8 Å². The van der Waals surface area contributed by atoms with Gasteiger partial charge in [0.1, 0.15) is 0 Å². The second-order valence-corrected chi connectivity index (χ2v) is 5.18. The van der Waals surface area contributed by atoms with Crippen LogP contribution >= 0.6 is 11.8 Å². The van der Waals surface area contributed by atoms with Crippen molar-refractivity contribution in [1.29, 1.82) is 0 Å². The average Bonchev–Trinajstić information content (AvgIpc) is 2.71. The quantitative estimate of drug-likeness (QED) is 0.652. The Hall–Kier alpha value is -1.73. The van der Waals surface area contributed by atoms with Gasteiger partial charge in [0.25, 0.3) is 5.91 Å². The number of benzene rings is 1. The third-order valence-corrected chi connectivity index (χ3v) is 3.42. The lowest BCUT2D eigenvalue weighted by Gasteiger charge is -1.98. The molecule has 92 valence electrons. The monoisotopic (exact) mass is 259 g/mol. The molecule has 1 aromatic carbocycles. The third kappa shape index (κ3) is 2.93. The molecule has 0 fully saturated rings. The van der Waals surface area contributed by atoms with E-state index in [2.05, 4.69) is 17.2 Å². The van der Waals surface area contributed by atoms with Gasteiger partial charge >= 0.3 is 0 Å². The molecule has 1 aliphatic rings. The Bertz CT molecular complexity index is 555. The number of hydrogen-bond donors (Lipinski definition) is 1. The van der Waals surface area contributed by atoms with Crippen LogP contribution in [0.25, 0.3) is 0 Å². The van der Waals surface area contributed by atoms with E-state index in [0.717, 1.165) is 16.7 Å². The molecular formula is C14H13NO2S. The summed E-state index contributed by atoms with van der Waals surface area (Å²) in [6.45, 7) is 2.11. The molecule has 0 spiro atoms. The number of rotatable bonds is 2. The number of nitrogens with one attached hydrogen (secondary N) is 1. The summed E-state index contributed by atoms with van der Waals surface area (Å²) in [5, 5.41) is 2.90. The number of carbonyl (C=O) groups is 2. The molecule has 1 amide bonds. The van der Waals surface area contributed by atoms with Gasteiger partial charge in [-0.05, 0) is 17.7 Å². The predicted octanol–water partition coefficient (Wildman–Crippen LogP) is 1.95. The average molecular weight is 259 g/mol. The first-order valence-corrected chi connectivity index (χ1v) is 6.69. The molecular weight excluding hydrogens is 246 g/mol. The molecule has 1 aromatic rings. The van der Waals surface area contributed by atoms with Crippen LogP contribution in [-0.4, -0.2) is 16.8 Å². The highest BCUT2D eigenvalue weighted by Gasteiger charge is 2.20. The van der Waals surface area contributed by atoms with Crippen LogP contribution < -0.4 is 5.32 Å². The molecule has 0 aliphatic carbocycles. The molecule has 18 heavy (non-hydrogen) atoms. The maximum Gasteiger partial charge on any atom is 0.251 e. The molecule has 0 atom stereocenters. The number of fused-ring (bicyclic) bond motifs is 1. The van der Waals surface area contributed by atoms with E-state index in [1.165, 1.54) is 11.8 Å². The van der Waals surface area contributed by atoms with E-state index in [0.29, 0.717) is 18.7 Å². The Kier molecular flexibility index (Phi) is 4.06. The van der Waals surface area contributed by atoms with E-state index >= 15 is 0 Å². The van der Waals surface area contributed by atoms with E-state index in [4.69, 9.17) is 0 Å². The number of hydrogen-bond acceptors (Lipinski definition) is 3. The van der Waals surface area contributed by atoms with Gasteiger partial charge in [-0.1, -0.05) is 29.7 Å². The first-order chi connectivity index (χ1) is 8.68. The van der Waals surface area contributed by atoms with Gasteiger partial charge in [0.15, 0.2) is 5.12 Å². The van der Waals surface area contributed by atoms with E-state index in [1.807, 2.05) is 18.2 Å². The van der Waals surface area contributed by atoms with E-state index in [-0.39, 0.29) is 11.0 Å². The minimum Gasteiger partial charge on any atom is -0.348 e. The van der Waals surface area contributed by atoms with Crippen LogP contribution in [0, 0.1) is 11.8 Å². The SMILES string of the molecule is CC(=O)SCCC#Cc1cccc2c1CNC2=O. The Labute approximate surface area is 110 Å². The van der Waals surface area contributed by atoms with Crippen molar-refractivity contribution < 1.29 is 9.59 Å². The van der Waals surface area contributed by atoms with E-state index in [1.54, 1.807) is 6.92 Å². The summed E-state index contributed by atoms with van der Waals surface area (Å²) in [6.07, 6.45) is 0.676. The van der Waals surface area contributed by atoms with Crippen molar-refractivity contribution in [2.45, 2.75) is 19.9 Å². The molecule has 0 radical (unpaired) electrons. The lowest BCUT2D eigenvalue weighted by molar-refractivity contribution is -0.109. The summed E-state index contributed by atoms with van der Waals surface area (Å²) in [6, 6.07) is 5.58. The first-order valence-electron chi connectivity index (χ1n) is 5.71. The molecule has 2 rings (SSSR count). The second kappa shape index (κ2) is 5.74. The normalized spacial score (nSPS) is 12.4. The van der Waals surface area contributed by atoms with Crippen LogP contribution in [0.4, 0.5) is 0 Å². The molecule has 0 aromatic heterocycles. The molecule has 1 N–H and O–H groups in total. The first kappa shape index (κ1) is 12.7. The zero-order valence-corrected chi connectivity index (χ0v) is 10.9. The van der Waals surface area contributed by atoms with Crippen molar-refractivity contribution >= 4 is 22.8 Å². The predicted molar refractivity (Wildman–Crippen MR) is 72.2 cm³/mol. The fourth-order valence-electron chi connectivity index (χ4n) is 1.77. The molecule has 0 bridgehead atoms. The van der Waals surface area contributed by atoms with Crippen LogP contribution in [0.1, 0.15) is 34.8 Å². The smallest absolute Gasteiger partial charge is 0.251 e. The molecule has 0 unspecified atom stereocenters. The summed E-state index contributed by atoms with van der Waals surface area (Å²) in [7, 11) is 0. The summed E-state index contributed by atoms with van der Waals surface area (Å²) < 4.78 is 0. The lowest BCUT2D eigenvalue weighted by atomic mass is 10.0. The second-order valence-electron chi connectivity index (χ2n) is 3.91. The minimum absolute atomic E-state index is 0.0271. The molecule has 1 aliphatic heterocycles. The third-order valence-electron chi connectivity index (χ3n) is 2.60. The van der Waals surface area contributed by atoms with Gasteiger partial charge in [0.2, 0.25) is 0 Å². The fraction of sp³-hybridized carbons (Fsp3) is 0.286. The number of carbonyl (C=O) groups excluding carboxylic acids is 2. The minimum atomic E-state index is -0.0271. The Balaban J connectivity index is 2.05. The van der Waals surface area contributed by atoms with Crippen molar-refractivity contribution in [1.82, 2.24) is 5.32 Å². The van der Waals surface area contributed by atoms with Gasteiger partial charge in [-0.3, -0.25) is 9.59 Å². The lowest BCUT2D eigenvalue weighted by Crippen LogP contribution is -2.12. The van der Waals surface area contributed by atoms with Crippen LogP contribution in [0.15, 0.2) is 18.2 Å². The summed E-state index contributed by atoms with van der Waals surface area (Å²) in [5.74, 6) is 6.80. The van der Waals surface area contributed by atoms with Crippen molar-refractivity contribution in [2.75, 3.05) is 5.75 Å². The molecule has 1 heterocycles. The van der Waals surface area contributed by atoms with Gasteiger partial charge in [0, 0.05) is 36.8 Å². The molecule has 0 saturated heterocycles. The summed E-state index contributed by atoms with van der Waals surface area (Å²) in [4.78, 5) is 22.2. The molecule has 0 saturated carbocycles. The Morgan fingerprint density at radius 2 is 2.33 bits per heavy atom. The highest BCUT2D eigenvalue weighted by molar-refractivity contribution is 8.13. The van der Waals surface area contributed by atoms with Gasteiger partial charge < -0.3 is 5.32 Å². The van der Waals surface area contributed by atoms with Crippen LogP contribution in [0.3, 0.4) is 0 Å². The zero-order valence-electron chi connectivity index (χ0n) is 10.1. The van der Waals surface area contributed by atoms with Gasteiger partial charge in [-0.25, -0.2) is 0 Å². The summed E-state index contributed by atoms with van der Waals surface area (Å²) in [5.41, 5.74) is 2.60. The van der Waals surface area contributed by atoms with Crippen molar-refractivity contribution in [2.24, 2.45) is 0 Å². The maximum atomic E-state index is 11.5. The molecule has 3 nitrogen and oxygen atoms in total. The highest BCUT2D eigenvalue weighted by Crippen LogP contribution is 2.19. The van der Waals surface area contributed by atoms with E-state index < -0.39 is 0 Å². The molecule has 4 heteroatoms. The van der Waals surface area contributed by atoms with Gasteiger partial charge in [-0.15, -0.1) is 0 Å². The van der Waals surface area contributed by atoms with Crippen LogP contribution in [0.5, 0.6) is 0 Å². The van der Waals surface area contributed by atoms with Crippen LogP contribution in [-0.2, 0) is 11.3 Å². The zero-order chi connectivity index (χ0) is 13.0. The Morgan fingerprint density at radius 3 is 3.11 bits per heavy atom. The largest absolute Gasteiger partial charge is 0.348 e. The van der Waals surface area contributed by atoms with Crippen molar-refractivity contribution in [3.63, 3.8) is 0 Å². The Morgan fingerprint density at radius 1 is 1.50 bits per heavy atom. The standard InChI is InChI=1S/C14H13NO2S/c1-10(16)18-8-3-2-5-11-6-4-7-12-13(11)9-15-14(12)17/h4,6-7H,3,8-9H2,1H3,(H,15,17). The van der Waals surface area contributed by atoms with E-state index in [9.17, 15) is 9.59 Å². The van der Waals surface area contributed by atoms with Crippen molar-refractivity contribution in [3.05, 3.63) is 34.9 Å². The fourth-order valence-corrected chi connectivity index (χ4v) is 2.27. The number of amides is 1. The van der Waals surface area contributed by atoms with Gasteiger partial charge in [0.05, 0.1) is 0 Å². The highest BCUT2D eigenvalue weighted by atomic mass is 32.2. The number of thioether (sulfide) groups is 1. The summed E-state index contributed by atoms with van der Waals surface area (Å²) >= 11 is 1.28. The maximum absolute atomic E-state index is 11.5. The van der Waals surface area contributed by atoms with Gasteiger partial charge in [-0.2, -0.15) is 0 Å².